The SMILES string of the molecule is CS(=O)(=O)NC(=O)c1cc(C2CC2)c(OC2CCC(C(F)(F)F)CC2)cc1F. The van der Waals surface area contributed by atoms with Crippen LogP contribution in [0.1, 0.15) is 60.4 Å². The normalized spacial score (nSPS) is 23.3. The van der Waals surface area contributed by atoms with E-state index in [0.717, 1.165) is 25.2 Å². The van der Waals surface area contributed by atoms with Crippen molar-refractivity contribution in [3.05, 3.63) is 29.1 Å². The van der Waals surface area contributed by atoms with E-state index in [1.54, 1.807) is 4.72 Å². The van der Waals surface area contributed by atoms with Gasteiger partial charge in [0.05, 0.1) is 23.8 Å². The van der Waals surface area contributed by atoms with Gasteiger partial charge < -0.3 is 4.74 Å². The van der Waals surface area contributed by atoms with Crippen LogP contribution in [0.4, 0.5) is 17.6 Å². The molecule has 0 aliphatic heterocycles. The number of nitrogens with one attached hydrogen (secondary N) is 1. The van der Waals surface area contributed by atoms with Crippen LogP contribution in [0.25, 0.3) is 0 Å². The van der Waals surface area contributed by atoms with Crippen LogP contribution < -0.4 is 9.46 Å². The minimum atomic E-state index is -4.22. The van der Waals surface area contributed by atoms with Crippen molar-refractivity contribution >= 4 is 15.9 Å². The fourth-order valence-electron chi connectivity index (χ4n) is 3.47. The second-order valence-corrected chi connectivity index (χ2v) is 9.23. The number of sulfonamides is 1. The molecular formula is C18H21F4NO4S. The Balaban J connectivity index is 1.77. The Kier molecular flexibility index (Phi) is 5.62. The van der Waals surface area contributed by atoms with Gasteiger partial charge in [0, 0.05) is 6.07 Å². The Morgan fingerprint density at radius 3 is 2.21 bits per heavy atom. The van der Waals surface area contributed by atoms with E-state index in [1.165, 1.54) is 6.07 Å². The maximum absolute atomic E-state index is 14.4. The third-order valence-electron chi connectivity index (χ3n) is 5.07. The number of hydrogen-bond acceptors (Lipinski definition) is 4. The predicted molar refractivity (Wildman–Crippen MR) is 93.1 cm³/mol. The number of benzene rings is 1. The smallest absolute Gasteiger partial charge is 0.391 e. The topological polar surface area (TPSA) is 72.5 Å². The number of amides is 1. The second-order valence-electron chi connectivity index (χ2n) is 7.48. The monoisotopic (exact) mass is 423 g/mol. The minimum Gasteiger partial charge on any atom is -0.490 e. The molecule has 0 unspecified atom stereocenters. The molecule has 0 atom stereocenters. The van der Waals surface area contributed by atoms with Crippen molar-refractivity contribution in [1.82, 2.24) is 4.72 Å². The number of carbonyl (C=O) groups is 1. The van der Waals surface area contributed by atoms with Crippen LogP contribution >= 0.6 is 0 Å². The van der Waals surface area contributed by atoms with Crippen molar-refractivity contribution in [3.63, 3.8) is 0 Å². The molecule has 28 heavy (non-hydrogen) atoms. The Hall–Kier alpha value is -1.84. The molecule has 3 rings (SSSR count). The lowest BCUT2D eigenvalue weighted by Crippen LogP contribution is -2.32. The molecule has 2 aliphatic rings. The highest BCUT2D eigenvalue weighted by Crippen LogP contribution is 2.46. The van der Waals surface area contributed by atoms with Crippen LogP contribution in [0.3, 0.4) is 0 Å². The Bertz CT molecular complexity index is 857. The summed E-state index contributed by atoms with van der Waals surface area (Å²) < 4.78 is 82.8. The van der Waals surface area contributed by atoms with Crippen molar-refractivity contribution in [2.75, 3.05) is 6.26 Å². The highest BCUT2D eigenvalue weighted by atomic mass is 32.2. The largest absolute Gasteiger partial charge is 0.490 e. The van der Waals surface area contributed by atoms with Crippen LogP contribution in [0.15, 0.2) is 12.1 Å². The number of hydrogen-bond donors (Lipinski definition) is 1. The summed E-state index contributed by atoms with van der Waals surface area (Å²) in [6.45, 7) is 0. The molecule has 0 heterocycles. The summed E-state index contributed by atoms with van der Waals surface area (Å²) in [5.74, 6) is -3.07. The molecule has 1 aromatic carbocycles. The van der Waals surface area contributed by atoms with Gasteiger partial charge in [-0.3, -0.25) is 4.79 Å². The summed E-state index contributed by atoms with van der Waals surface area (Å²) in [5, 5.41) is 0. The first-order valence-corrected chi connectivity index (χ1v) is 10.9. The summed E-state index contributed by atoms with van der Waals surface area (Å²) in [7, 11) is -3.85. The molecule has 1 N–H and O–H groups in total. The molecule has 1 aromatic rings. The highest BCUT2D eigenvalue weighted by Gasteiger charge is 2.42. The number of halogens is 4. The molecule has 1 amide bonds. The van der Waals surface area contributed by atoms with Crippen molar-refractivity contribution in [2.45, 2.75) is 56.7 Å². The van der Waals surface area contributed by atoms with Crippen LogP contribution in [-0.2, 0) is 10.0 Å². The minimum absolute atomic E-state index is 0.0374. The van der Waals surface area contributed by atoms with E-state index in [-0.39, 0.29) is 37.4 Å². The maximum Gasteiger partial charge on any atom is 0.391 e. The average Bonchev–Trinajstić information content (AvgIpc) is 3.37. The zero-order valence-corrected chi connectivity index (χ0v) is 16.0. The van der Waals surface area contributed by atoms with Crippen molar-refractivity contribution in [1.29, 1.82) is 0 Å². The van der Waals surface area contributed by atoms with Gasteiger partial charge in [-0.15, -0.1) is 0 Å². The molecule has 0 radical (unpaired) electrons. The van der Waals surface area contributed by atoms with Crippen molar-refractivity contribution in [2.24, 2.45) is 5.92 Å². The third kappa shape index (κ3) is 5.15. The molecular weight excluding hydrogens is 402 g/mol. The summed E-state index contributed by atoms with van der Waals surface area (Å²) in [4.78, 5) is 12.0. The molecule has 0 bridgehead atoms. The van der Waals surface area contributed by atoms with Gasteiger partial charge in [-0.1, -0.05) is 0 Å². The van der Waals surface area contributed by atoms with E-state index >= 15 is 0 Å². The van der Waals surface area contributed by atoms with Crippen LogP contribution in [0.5, 0.6) is 5.75 Å². The van der Waals surface area contributed by atoms with Gasteiger partial charge in [0.15, 0.2) is 0 Å². The number of alkyl halides is 3. The number of rotatable bonds is 5. The van der Waals surface area contributed by atoms with Gasteiger partial charge in [0.25, 0.3) is 5.91 Å². The third-order valence-corrected chi connectivity index (χ3v) is 5.63. The maximum atomic E-state index is 14.4. The Morgan fingerprint density at radius 2 is 1.71 bits per heavy atom. The van der Waals surface area contributed by atoms with E-state index in [0.29, 0.717) is 5.56 Å². The van der Waals surface area contributed by atoms with Gasteiger partial charge >= 0.3 is 6.18 Å². The molecule has 2 aliphatic carbocycles. The van der Waals surface area contributed by atoms with Gasteiger partial charge in [0.1, 0.15) is 11.6 Å². The summed E-state index contributed by atoms with van der Waals surface area (Å²) >= 11 is 0. The zero-order chi connectivity index (χ0) is 20.7. The lowest BCUT2D eigenvalue weighted by molar-refractivity contribution is -0.185. The van der Waals surface area contributed by atoms with E-state index < -0.39 is 45.5 Å². The van der Waals surface area contributed by atoms with Gasteiger partial charge in [-0.05, 0) is 56.1 Å². The number of carbonyl (C=O) groups excluding carboxylic acids is 1. The second kappa shape index (κ2) is 7.53. The molecule has 156 valence electrons. The quantitative estimate of drug-likeness (QED) is 0.730. The van der Waals surface area contributed by atoms with E-state index in [4.69, 9.17) is 4.74 Å². The molecule has 0 saturated heterocycles. The predicted octanol–water partition coefficient (Wildman–Crippen LogP) is 3.89. The van der Waals surface area contributed by atoms with Crippen molar-refractivity contribution < 1.29 is 35.5 Å². The molecule has 2 fully saturated rings. The van der Waals surface area contributed by atoms with E-state index in [9.17, 15) is 30.8 Å². The first-order chi connectivity index (χ1) is 12.9. The van der Waals surface area contributed by atoms with Crippen LogP contribution in [0.2, 0.25) is 0 Å². The fraction of sp³-hybridized carbons (Fsp3) is 0.611. The van der Waals surface area contributed by atoms with Gasteiger partial charge in [-0.25, -0.2) is 17.5 Å². The highest BCUT2D eigenvalue weighted by molar-refractivity contribution is 7.89. The molecule has 5 nitrogen and oxygen atoms in total. The number of ether oxygens (including phenoxy) is 1. The van der Waals surface area contributed by atoms with E-state index in [2.05, 4.69) is 0 Å². The molecule has 2 saturated carbocycles. The lowest BCUT2D eigenvalue weighted by Gasteiger charge is -2.30. The van der Waals surface area contributed by atoms with Crippen molar-refractivity contribution in [3.8, 4) is 5.75 Å². The fourth-order valence-corrected chi connectivity index (χ4v) is 3.92. The molecule has 0 spiro atoms. The Morgan fingerprint density at radius 1 is 1.11 bits per heavy atom. The standard InChI is InChI=1S/C18H21F4NO4S/c1-28(25,26)23-17(24)14-8-13(10-2-3-10)16(9-15(14)19)27-12-6-4-11(5-7-12)18(20,21)22/h8-12H,2-7H2,1H3,(H,23,24). The van der Waals surface area contributed by atoms with Gasteiger partial charge in [0.2, 0.25) is 10.0 Å². The zero-order valence-electron chi connectivity index (χ0n) is 15.2. The first kappa shape index (κ1) is 20.9. The summed E-state index contributed by atoms with van der Waals surface area (Å²) in [5.41, 5.74) is 0.179. The first-order valence-electron chi connectivity index (χ1n) is 9.03. The van der Waals surface area contributed by atoms with Crippen LogP contribution in [0, 0.1) is 11.7 Å². The van der Waals surface area contributed by atoms with Crippen LogP contribution in [-0.4, -0.2) is 32.9 Å². The Labute approximate surface area is 160 Å². The molecule has 0 aromatic heterocycles. The average molecular weight is 423 g/mol. The lowest BCUT2D eigenvalue weighted by atomic mass is 9.87. The van der Waals surface area contributed by atoms with E-state index in [1.807, 2.05) is 0 Å². The summed E-state index contributed by atoms with van der Waals surface area (Å²) in [6, 6.07) is 2.31. The summed E-state index contributed by atoms with van der Waals surface area (Å²) in [6.07, 6.45) is -1.89. The van der Waals surface area contributed by atoms with Gasteiger partial charge in [-0.2, -0.15) is 13.2 Å². The molecule has 10 heteroatoms.